The molecule has 7 heteroatoms. The summed E-state index contributed by atoms with van der Waals surface area (Å²) in [6.45, 7) is 1.38. The average Bonchev–Trinajstić information content (AvgIpc) is 2.55. The van der Waals surface area contributed by atoms with Crippen LogP contribution in [0.5, 0.6) is 5.75 Å². The molecule has 0 radical (unpaired) electrons. The number of anilines is 2. The highest BCUT2D eigenvalue weighted by Crippen LogP contribution is 2.23. The van der Waals surface area contributed by atoms with Gasteiger partial charge in [0.1, 0.15) is 17.1 Å². The standard InChI is InChI=1S/C15H17N5O2/c21-14-11-4-8-18-15(20-11)17-6-2-1-3-9-22-13-5-7-16-10-12(13)19-14/h4-5,7-8,10H,1-3,6,9H2,(H,19,21)(H,17,18,20). The van der Waals surface area contributed by atoms with Crippen LogP contribution in [0, 0.1) is 0 Å². The number of ether oxygens (including phenoxy) is 1. The van der Waals surface area contributed by atoms with Crippen LogP contribution in [0.25, 0.3) is 0 Å². The van der Waals surface area contributed by atoms with E-state index in [1.54, 1.807) is 30.7 Å². The lowest BCUT2D eigenvalue weighted by Gasteiger charge is -2.13. The summed E-state index contributed by atoms with van der Waals surface area (Å²) >= 11 is 0. The van der Waals surface area contributed by atoms with E-state index >= 15 is 0 Å². The van der Waals surface area contributed by atoms with Crippen LogP contribution in [0.15, 0.2) is 30.7 Å². The van der Waals surface area contributed by atoms with Gasteiger partial charge in [0.05, 0.1) is 12.8 Å². The molecule has 7 nitrogen and oxygen atoms in total. The Morgan fingerprint density at radius 3 is 3.05 bits per heavy atom. The highest BCUT2D eigenvalue weighted by atomic mass is 16.5. The van der Waals surface area contributed by atoms with Crippen LogP contribution in [0.3, 0.4) is 0 Å². The average molecular weight is 299 g/mol. The largest absolute Gasteiger partial charge is 0.491 e. The zero-order valence-corrected chi connectivity index (χ0v) is 12.1. The normalized spacial score (nSPS) is 15.5. The fourth-order valence-corrected chi connectivity index (χ4v) is 2.14. The number of hydrogen-bond donors (Lipinski definition) is 2. The molecule has 0 saturated carbocycles. The highest BCUT2D eigenvalue weighted by Gasteiger charge is 2.13. The first-order valence-corrected chi connectivity index (χ1v) is 7.28. The SMILES string of the molecule is O=C1Nc2cnccc2OCCCCCNc2nccc1n2. The molecule has 2 aromatic rings. The molecular formula is C15H17N5O2. The Morgan fingerprint density at radius 1 is 1.14 bits per heavy atom. The molecule has 1 amide bonds. The van der Waals surface area contributed by atoms with Gasteiger partial charge in [-0.05, 0) is 25.3 Å². The molecule has 114 valence electrons. The summed E-state index contributed by atoms with van der Waals surface area (Å²) in [4.78, 5) is 24.7. The maximum Gasteiger partial charge on any atom is 0.274 e. The van der Waals surface area contributed by atoms with E-state index in [4.69, 9.17) is 4.74 Å². The van der Waals surface area contributed by atoms with Gasteiger partial charge in [-0.3, -0.25) is 9.78 Å². The van der Waals surface area contributed by atoms with E-state index < -0.39 is 0 Å². The lowest BCUT2D eigenvalue weighted by molar-refractivity contribution is 0.102. The highest BCUT2D eigenvalue weighted by molar-refractivity contribution is 6.03. The first-order chi connectivity index (χ1) is 10.8. The molecule has 3 heterocycles. The van der Waals surface area contributed by atoms with Crippen LogP contribution in [0.4, 0.5) is 11.6 Å². The number of fused-ring (bicyclic) bond motifs is 3. The molecule has 0 aromatic carbocycles. The monoisotopic (exact) mass is 299 g/mol. The molecule has 1 aliphatic rings. The minimum absolute atomic E-state index is 0.296. The Hall–Kier alpha value is -2.70. The van der Waals surface area contributed by atoms with Gasteiger partial charge in [0.15, 0.2) is 0 Å². The van der Waals surface area contributed by atoms with E-state index in [1.807, 2.05) is 0 Å². The molecule has 0 fully saturated rings. The van der Waals surface area contributed by atoms with Gasteiger partial charge in [-0.25, -0.2) is 9.97 Å². The van der Waals surface area contributed by atoms with Crippen molar-refractivity contribution in [2.24, 2.45) is 0 Å². The molecule has 0 saturated heterocycles. The van der Waals surface area contributed by atoms with Crippen molar-refractivity contribution < 1.29 is 9.53 Å². The minimum Gasteiger partial charge on any atom is -0.491 e. The number of aromatic nitrogens is 3. The molecular weight excluding hydrogens is 282 g/mol. The zero-order valence-electron chi connectivity index (χ0n) is 12.1. The fourth-order valence-electron chi connectivity index (χ4n) is 2.14. The van der Waals surface area contributed by atoms with E-state index in [0.29, 0.717) is 29.7 Å². The van der Waals surface area contributed by atoms with Crippen molar-refractivity contribution >= 4 is 17.5 Å². The van der Waals surface area contributed by atoms with Crippen LogP contribution in [-0.4, -0.2) is 34.0 Å². The summed E-state index contributed by atoms with van der Waals surface area (Å²) in [7, 11) is 0. The summed E-state index contributed by atoms with van der Waals surface area (Å²) in [6, 6.07) is 3.32. The van der Waals surface area contributed by atoms with E-state index in [9.17, 15) is 4.79 Å². The van der Waals surface area contributed by atoms with Crippen LogP contribution < -0.4 is 15.4 Å². The van der Waals surface area contributed by atoms with Gasteiger partial charge in [-0.2, -0.15) is 0 Å². The van der Waals surface area contributed by atoms with E-state index in [1.165, 1.54) is 0 Å². The number of nitrogens with zero attached hydrogens (tertiary/aromatic N) is 3. The summed E-state index contributed by atoms with van der Waals surface area (Å²) < 4.78 is 5.73. The summed E-state index contributed by atoms with van der Waals surface area (Å²) in [5.74, 6) is 0.764. The van der Waals surface area contributed by atoms with Crippen molar-refractivity contribution in [3.8, 4) is 5.75 Å². The first kappa shape index (κ1) is 14.2. The lowest BCUT2D eigenvalue weighted by Crippen LogP contribution is -2.17. The van der Waals surface area contributed by atoms with Crippen molar-refractivity contribution in [3.63, 3.8) is 0 Å². The van der Waals surface area contributed by atoms with Crippen LogP contribution in [-0.2, 0) is 0 Å². The smallest absolute Gasteiger partial charge is 0.274 e. The van der Waals surface area contributed by atoms with Gasteiger partial charge >= 0.3 is 0 Å². The van der Waals surface area contributed by atoms with Gasteiger partial charge < -0.3 is 15.4 Å². The topological polar surface area (TPSA) is 89.0 Å². The number of amides is 1. The second-order valence-corrected chi connectivity index (χ2v) is 4.93. The summed E-state index contributed by atoms with van der Waals surface area (Å²) in [5.41, 5.74) is 0.835. The fraction of sp³-hybridized carbons (Fsp3) is 0.333. The van der Waals surface area contributed by atoms with Gasteiger partial charge in [-0.1, -0.05) is 0 Å². The van der Waals surface area contributed by atoms with Gasteiger partial charge in [0, 0.05) is 25.0 Å². The van der Waals surface area contributed by atoms with E-state index in [2.05, 4.69) is 25.6 Å². The van der Waals surface area contributed by atoms with Crippen molar-refractivity contribution in [1.29, 1.82) is 0 Å². The third-order valence-electron chi connectivity index (χ3n) is 3.28. The molecule has 2 aromatic heterocycles. The van der Waals surface area contributed by atoms with E-state index in [0.717, 1.165) is 25.8 Å². The molecule has 2 N–H and O–H groups in total. The Morgan fingerprint density at radius 2 is 2.09 bits per heavy atom. The first-order valence-electron chi connectivity index (χ1n) is 7.28. The quantitative estimate of drug-likeness (QED) is 0.774. The van der Waals surface area contributed by atoms with E-state index in [-0.39, 0.29) is 5.91 Å². The van der Waals surface area contributed by atoms with Gasteiger partial charge in [0.25, 0.3) is 5.91 Å². The van der Waals surface area contributed by atoms with Crippen molar-refractivity contribution in [1.82, 2.24) is 15.0 Å². The number of carbonyl (C=O) groups excluding carboxylic acids is 1. The van der Waals surface area contributed by atoms with Crippen LogP contribution in [0.1, 0.15) is 29.8 Å². The second kappa shape index (κ2) is 6.84. The molecule has 22 heavy (non-hydrogen) atoms. The number of rotatable bonds is 0. The predicted molar refractivity (Wildman–Crippen MR) is 82.1 cm³/mol. The van der Waals surface area contributed by atoms with Crippen LogP contribution >= 0.6 is 0 Å². The Bertz CT molecular complexity index is 662. The van der Waals surface area contributed by atoms with Crippen LogP contribution in [0.2, 0.25) is 0 Å². The van der Waals surface area contributed by atoms with Gasteiger partial charge in [-0.15, -0.1) is 0 Å². The number of hydrogen-bond acceptors (Lipinski definition) is 6. The van der Waals surface area contributed by atoms with Crippen molar-refractivity contribution in [3.05, 3.63) is 36.4 Å². The maximum absolute atomic E-state index is 12.3. The Kier molecular flexibility index (Phi) is 4.43. The summed E-state index contributed by atoms with van der Waals surface area (Å²) in [5, 5.41) is 5.90. The molecule has 3 rings (SSSR count). The third-order valence-corrected chi connectivity index (χ3v) is 3.28. The molecule has 0 aliphatic carbocycles. The Labute approximate surface area is 128 Å². The molecule has 0 atom stereocenters. The number of nitrogens with one attached hydrogen (secondary N) is 2. The predicted octanol–water partition coefficient (Wildman–Crippen LogP) is 2.10. The minimum atomic E-state index is -0.319. The second-order valence-electron chi connectivity index (χ2n) is 4.93. The number of carbonyl (C=O) groups is 1. The molecule has 0 unspecified atom stereocenters. The molecule has 1 aliphatic heterocycles. The zero-order chi connectivity index (χ0) is 15.2. The number of pyridine rings is 1. The van der Waals surface area contributed by atoms with Crippen molar-refractivity contribution in [2.45, 2.75) is 19.3 Å². The molecule has 2 bridgehead atoms. The summed E-state index contributed by atoms with van der Waals surface area (Å²) in [6.07, 6.45) is 7.75. The maximum atomic E-state index is 12.3. The molecule has 0 spiro atoms. The lowest BCUT2D eigenvalue weighted by atomic mass is 10.2. The third kappa shape index (κ3) is 3.49. The van der Waals surface area contributed by atoms with Crippen molar-refractivity contribution in [2.75, 3.05) is 23.8 Å². The van der Waals surface area contributed by atoms with Gasteiger partial charge in [0.2, 0.25) is 5.95 Å². The Balaban J connectivity index is 1.88.